The van der Waals surface area contributed by atoms with Gasteiger partial charge in [-0.1, -0.05) is 11.6 Å². The molecule has 1 aromatic rings. The third kappa shape index (κ3) is 1.09. The number of hydrogen-bond donors (Lipinski definition) is 1. The SMILES string of the molecule is COc1nsc(Cl)c1N. The Labute approximate surface area is 61.6 Å². The molecule has 0 unspecified atom stereocenters. The summed E-state index contributed by atoms with van der Waals surface area (Å²) in [4.78, 5) is 0. The molecular weight excluding hydrogens is 160 g/mol. The average molecular weight is 165 g/mol. The van der Waals surface area contributed by atoms with Gasteiger partial charge in [0, 0.05) is 0 Å². The lowest BCUT2D eigenvalue weighted by Gasteiger charge is -1.91. The highest BCUT2D eigenvalue weighted by molar-refractivity contribution is 7.11. The number of ether oxygens (including phenoxy) is 1. The Morgan fingerprint density at radius 1 is 1.78 bits per heavy atom. The Balaban J connectivity index is 3.04. The topological polar surface area (TPSA) is 48.1 Å². The summed E-state index contributed by atoms with van der Waals surface area (Å²) in [6, 6.07) is 0. The largest absolute Gasteiger partial charge is 0.479 e. The van der Waals surface area contributed by atoms with E-state index in [0.717, 1.165) is 11.5 Å². The van der Waals surface area contributed by atoms with Crippen LogP contribution in [0.15, 0.2) is 0 Å². The van der Waals surface area contributed by atoms with Gasteiger partial charge in [0.25, 0.3) is 0 Å². The molecule has 0 aromatic carbocycles. The Hall–Kier alpha value is -0.480. The molecule has 1 heterocycles. The molecule has 1 rings (SSSR count). The minimum Gasteiger partial charge on any atom is -0.479 e. The molecular formula is C4H5ClN2OS. The Bertz CT molecular complexity index is 212. The summed E-state index contributed by atoms with van der Waals surface area (Å²) in [7, 11) is 1.50. The molecule has 0 amide bonds. The van der Waals surface area contributed by atoms with Crippen molar-refractivity contribution in [2.75, 3.05) is 12.8 Å². The van der Waals surface area contributed by atoms with Crippen molar-refractivity contribution in [2.45, 2.75) is 0 Å². The second-order valence-electron chi connectivity index (χ2n) is 1.38. The number of methoxy groups -OCH3 is 1. The normalized spacial score (nSPS) is 9.56. The quantitative estimate of drug-likeness (QED) is 0.683. The summed E-state index contributed by atoms with van der Waals surface area (Å²) in [5, 5.41) is 0. The highest BCUT2D eigenvalue weighted by Gasteiger charge is 2.06. The van der Waals surface area contributed by atoms with Crippen LogP contribution in [0.5, 0.6) is 5.88 Å². The first-order chi connectivity index (χ1) is 4.25. The van der Waals surface area contributed by atoms with Gasteiger partial charge in [-0.25, -0.2) is 0 Å². The van der Waals surface area contributed by atoms with Gasteiger partial charge in [0.05, 0.1) is 7.11 Å². The lowest BCUT2D eigenvalue weighted by molar-refractivity contribution is 0.405. The number of nitrogens with two attached hydrogens (primary N) is 1. The van der Waals surface area contributed by atoms with Crippen molar-refractivity contribution in [3.05, 3.63) is 4.34 Å². The molecule has 1 aromatic heterocycles. The van der Waals surface area contributed by atoms with Crippen LogP contribution in [0.25, 0.3) is 0 Å². The third-order valence-electron chi connectivity index (χ3n) is 0.844. The molecule has 0 saturated carbocycles. The molecule has 0 aliphatic heterocycles. The minimum absolute atomic E-state index is 0.407. The highest BCUT2D eigenvalue weighted by atomic mass is 35.5. The van der Waals surface area contributed by atoms with E-state index in [0.29, 0.717) is 15.9 Å². The number of halogens is 1. The second kappa shape index (κ2) is 2.41. The molecule has 50 valence electrons. The maximum absolute atomic E-state index is 5.56. The van der Waals surface area contributed by atoms with Gasteiger partial charge in [0.2, 0.25) is 5.88 Å². The van der Waals surface area contributed by atoms with Gasteiger partial charge >= 0.3 is 0 Å². The Kier molecular flexibility index (Phi) is 1.78. The second-order valence-corrected chi connectivity index (χ2v) is 2.75. The molecule has 0 aliphatic carbocycles. The maximum atomic E-state index is 5.56. The Morgan fingerprint density at radius 2 is 2.44 bits per heavy atom. The van der Waals surface area contributed by atoms with Gasteiger partial charge in [0.1, 0.15) is 10.0 Å². The predicted molar refractivity (Wildman–Crippen MR) is 38.1 cm³/mol. The fourth-order valence-electron chi connectivity index (χ4n) is 0.411. The van der Waals surface area contributed by atoms with Gasteiger partial charge in [-0.2, -0.15) is 4.37 Å². The summed E-state index contributed by atoms with van der Waals surface area (Å²) in [6.07, 6.45) is 0. The molecule has 2 N–H and O–H groups in total. The van der Waals surface area contributed by atoms with Gasteiger partial charge in [0.15, 0.2) is 0 Å². The molecule has 5 heteroatoms. The number of nitrogen functional groups attached to an aromatic ring is 1. The first-order valence-corrected chi connectivity index (χ1v) is 3.35. The van der Waals surface area contributed by atoms with Crippen LogP contribution in [0.4, 0.5) is 5.69 Å². The number of rotatable bonds is 1. The molecule has 0 bridgehead atoms. The summed E-state index contributed by atoms with van der Waals surface area (Å²) in [6.45, 7) is 0. The molecule has 9 heavy (non-hydrogen) atoms. The van der Waals surface area contributed by atoms with E-state index in [9.17, 15) is 0 Å². The number of aromatic nitrogens is 1. The van der Waals surface area contributed by atoms with Crippen molar-refractivity contribution in [3.8, 4) is 5.88 Å². The highest BCUT2D eigenvalue weighted by Crippen LogP contribution is 2.31. The van der Waals surface area contributed by atoms with Crippen LogP contribution < -0.4 is 10.5 Å². The molecule has 0 atom stereocenters. The molecule has 0 fully saturated rings. The molecule has 0 radical (unpaired) electrons. The summed E-state index contributed by atoms with van der Waals surface area (Å²) < 4.78 is 9.03. The van der Waals surface area contributed by atoms with Crippen LogP contribution in [0, 0.1) is 0 Å². The van der Waals surface area contributed by atoms with Gasteiger partial charge < -0.3 is 10.5 Å². The molecule has 3 nitrogen and oxygen atoms in total. The van der Waals surface area contributed by atoms with Crippen LogP contribution in [0.1, 0.15) is 0 Å². The van der Waals surface area contributed by atoms with Crippen molar-refractivity contribution < 1.29 is 4.74 Å². The van der Waals surface area contributed by atoms with Crippen LogP contribution >= 0.6 is 23.1 Å². The van der Waals surface area contributed by atoms with E-state index in [1.54, 1.807) is 0 Å². The minimum atomic E-state index is 0.407. The lowest BCUT2D eigenvalue weighted by Crippen LogP contribution is -1.88. The monoisotopic (exact) mass is 164 g/mol. The summed E-state index contributed by atoms with van der Waals surface area (Å²) in [5.74, 6) is 0.407. The van der Waals surface area contributed by atoms with Gasteiger partial charge in [-0.05, 0) is 11.5 Å². The Morgan fingerprint density at radius 3 is 2.67 bits per heavy atom. The fraction of sp³-hybridized carbons (Fsp3) is 0.250. The average Bonchev–Trinajstić information content (AvgIpc) is 2.15. The van der Waals surface area contributed by atoms with Crippen LogP contribution in [0.3, 0.4) is 0 Å². The van der Waals surface area contributed by atoms with Crippen LogP contribution in [-0.4, -0.2) is 11.5 Å². The van der Waals surface area contributed by atoms with Crippen LogP contribution in [-0.2, 0) is 0 Å². The predicted octanol–water partition coefficient (Wildman–Crippen LogP) is 1.39. The zero-order chi connectivity index (χ0) is 6.85. The number of nitrogens with zero attached hydrogens (tertiary/aromatic N) is 1. The number of anilines is 1. The summed E-state index contributed by atoms with van der Waals surface area (Å²) in [5.41, 5.74) is 5.82. The van der Waals surface area contributed by atoms with Crippen molar-refractivity contribution in [3.63, 3.8) is 0 Å². The first kappa shape index (κ1) is 6.64. The van der Waals surface area contributed by atoms with Crippen LogP contribution in [0.2, 0.25) is 4.34 Å². The van der Waals surface area contributed by atoms with Gasteiger partial charge in [-0.3, -0.25) is 0 Å². The standard InChI is InChI=1S/C4H5ClN2OS/c1-8-4-2(6)3(5)9-7-4/h6H2,1H3. The van der Waals surface area contributed by atoms with Crippen molar-refractivity contribution in [1.29, 1.82) is 0 Å². The van der Waals surface area contributed by atoms with E-state index in [2.05, 4.69) is 4.37 Å². The third-order valence-corrected chi connectivity index (χ3v) is 1.89. The summed E-state index contributed by atoms with van der Waals surface area (Å²) >= 11 is 6.68. The van der Waals surface area contributed by atoms with Gasteiger partial charge in [-0.15, -0.1) is 0 Å². The van der Waals surface area contributed by atoms with Crippen molar-refractivity contribution in [2.24, 2.45) is 0 Å². The zero-order valence-electron chi connectivity index (χ0n) is 4.72. The van der Waals surface area contributed by atoms with E-state index in [1.165, 1.54) is 7.11 Å². The van der Waals surface area contributed by atoms with Crippen molar-refractivity contribution >= 4 is 28.8 Å². The lowest BCUT2D eigenvalue weighted by atomic mass is 10.6. The fourth-order valence-corrected chi connectivity index (χ4v) is 1.12. The van der Waals surface area contributed by atoms with E-state index >= 15 is 0 Å². The van der Waals surface area contributed by atoms with E-state index in [-0.39, 0.29) is 0 Å². The smallest absolute Gasteiger partial charge is 0.250 e. The molecule has 0 aliphatic rings. The van der Waals surface area contributed by atoms with E-state index < -0.39 is 0 Å². The molecule has 0 spiro atoms. The van der Waals surface area contributed by atoms with E-state index in [1.807, 2.05) is 0 Å². The van der Waals surface area contributed by atoms with Crippen molar-refractivity contribution in [1.82, 2.24) is 4.37 Å². The number of hydrogen-bond acceptors (Lipinski definition) is 4. The first-order valence-electron chi connectivity index (χ1n) is 2.20. The maximum Gasteiger partial charge on any atom is 0.250 e. The zero-order valence-corrected chi connectivity index (χ0v) is 6.29. The molecule has 0 saturated heterocycles. The van der Waals surface area contributed by atoms with E-state index in [4.69, 9.17) is 22.1 Å².